The highest BCUT2D eigenvalue weighted by molar-refractivity contribution is 7.89. The summed E-state index contributed by atoms with van der Waals surface area (Å²) in [4.78, 5) is 2.77. The predicted molar refractivity (Wildman–Crippen MR) is 78.8 cm³/mol. The minimum atomic E-state index is -3.39. The van der Waals surface area contributed by atoms with E-state index in [2.05, 4.69) is 4.90 Å². The second-order valence-electron chi connectivity index (χ2n) is 5.62. The van der Waals surface area contributed by atoms with Crippen LogP contribution in [0, 0.1) is 0 Å². The Morgan fingerprint density at radius 2 is 1.75 bits per heavy atom. The van der Waals surface area contributed by atoms with Crippen LogP contribution in [0.3, 0.4) is 0 Å². The average molecular weight is 295 g/mol. The van der Waals surface area contributed by atoms with Gasteiger partial charge in [0.1, 0.15) is 0 Å². The first-order chi connectivity index (χ1) is 9.57. The molecule has 0 spiro atoms. The Bertz CT molecular complexity index is 571. The fourth-order valence-corrected chi connectivity index (χ4v) is 4.70. The minimum absolute atomic E-state index is 0.346. The molecule has 1 aromatic rings. The zero-order valence-corrected chi connectivity index (χ0v) is 12.3. The summed E-state index contributed by atoms with van der Waals surface area (Å²) in [5.41, 5.74) is 6.21. The van der Waals surface area contributed by atoms with Crippen LogP contribution >= 0.6 is 0 Å². The average Bonchev–Trinajstić information content (AvgIpc) is 2.76. The van der Waals surface area contributed by atoms with E-state index in [-0.39, 0.29) is 0 Å². The summed E-state index contributed by atoms with van der Waals surface area (Å²) < 4.78 is 27.1. The van der Waals surface area contributed by atoms with Gasteiger partial charge in [-0.15, -0.1) is 0 Å². The highest BCUT2D eigenvalue weighted by atomic mass is 32.2. The molecule has 5 nitrogen and oxygen atoms in total. The van der Waals surface area contributed by atoms with Crippen molar-refractivity contribution < 1.29 is 8.42 Å². The Morgan fingerprint density at radius 1 is 1.05 bits per heavy atom. The molecule has 0 aliphatic carbocycles. The Balaban J connectivity index is 1.84. The quantitative estimate of drug-likeness (QED) is 0.831. The van der Waals surface area contributed by atoms with Gasteiger partial charge >= 0.3 is 0 Å². The zero-order valence-electron chi connectivity index (χ0n) is 11.5. The van der Waals surface area contributed by atoms with Crippen molar-refractivity contribution in [3.05, 3.63) is 24.3 Å². The van der Waals surface area contributed by atoms with E-state index in [0.29, 0.717) is 29.7 Å². The maximum Gasteiger partial charge on any atom is 0.243 e. The van der Waals surface area contributed by atoms with Gasteiger partial charge in [0, 0.05) is 24.8 Å². The van der Waals surface area contributed by atoms with Gasteiger partial charge in [0.15, 0.2) is 0 Å². The van der Waals surface area contributed by atoms with Gasteiger partial charge in [-0.25, -0.2) is 8.42 Å². The van der Waals surface area contributed by atoms with E-state index in [1.54, 1.807) is 28.6 Å². The zero-order chi connectivity index (χ0) is 14.2. The molecule has 0 saturated carbocycles. The van der Waals surface area contributed by atoms with Gasteiger partial charge in [-0.2, -0.15) is 4.31 Å². The number of hydrogen-bond acceptors (Lipinski definition) is 4. The monoisotopic (exact) mass is 295 g/mol. The van der Waals surface area contributed by atoms with Crippen LogP contribution in [0.15, 0.2) is 29.2 Å². The summed E-state index contributed by atoms with van der Waals surface area (Å²) in [6.07, 6.45) is 3.19. The molecule has 110 valence electrons. The number of benzene rings is 1. The van der Waals surface area contributed by atoms with Gasteiger partial charge in [-0.05, 0) is 56.6 Å². The fraction of sp³-hybridized carbons (Fsp3) is 0.571. The largest absolute Gasteiger partial charge is 0.399 e. The van der Waals surface area contributed by atoms with E-state index in [1.807, 2.05) is 0 Å². The lowest BCUT2D eigenvalue weighted by atomic mass is 10.2. The van der Waals surface area contributed by atoms with Gasteiger partial charge in [0.05, 0.1) is 4.90 Å². The number of rotatable bonds is 2. The van der Waals surface area contributed by atoms with Crippen molar-refractivity contribution in [1.82, 2.24) is 9.21 Å². The van der Waals surface area contributed by atoms with Crippen LogP contribution in [0.2, 0.25) is 0 Å². The molecule has 20 heavy (non-hydrogen) atoms. The molecular formula is C14H21N3O2S. The third-order valence-electron chi connectivity index (χ3n) is 4.28. The van der Waals surface area contributed by atoms with E-state index in [4.69, 9.17) is 5.73 Å². The van der Waals surface area contributed by atoms with Crippen LogP contribution in [0.1, 0.15) is 19.3 Å². The minimum Gasteiger partial charge on any atom is -0.399 e. The van der Waals surface area contributed by atoms with Gasteiger partial charge in [0.2, 0.25) is 10.0 Å². The standard InChI is InChI=1S/C14H21N3O2S/c15-12-4-6-14(7-5-12)20(18,19)17-10-2-9-16-8-1-3-13(16)11-17/h4-7,13H,1-3,8-11,15H2. The molecule has 2 N–H and O–H groups in total. The van der Waals surface area contributed by atoms with Gasteiger partial charge in [0.25, 0.3) is 0 Å². The highest BCUT2D eigenvalue weighted by Gasteiger charge is 2.34. The number of sulfonamides is 1. The topological polar surface area (TPSA) is 66.6 Å². The molecule has 2 heterocycles. The van der Waals surface area contributed by atoms with Crippen LogP contribution in [0.25, 0.3) is 0 Å². The predicted octanol–water partition coefficient (Wildman–Crippen LogP) is 1.13. The molecule has 1 unspecified atom stereocenters. The molecule has 6 heteroatoms. The number of nitrogens with zero attached hydrogens (tertiary/aromatic N) is 2. The normalized spacial score (nSPS) is 25.3. The molecule has 2 aliphatic rings. The number of fused-ring (bicyclic) bond motifs is 1. The van der Waals surface area contributed by atoms with Crippen molar-refractivity contribution in [1.29, 1.82) is 0 Å². The number of anilines is 1. The fourth-order valence-electron chi connectivity index (χ4n) is 3.18. The van der Waals surface area contributed by atoms with Crippen LogP contribution < -0.4 is 5.73 Å². The van der Waals surface area contributed by atoms with E-state index in [9.17, 15) is 8.42 Å². The highest BCUT2D eigenvalue weighted by Crippen LogP contribution is 2.25. The Kier molecular flexibility index (Phi) is 3.70. The van der Waals surface area contributed by atoms with Crippen LogP contribution in [0.4, 0.5) is 5.69 Å². The summed E-state index contributed by atoms with van der Waals surface area (Å²) in [5.74, 6) is 0. The molecule has 0 radical (unpaired) electrons. The molecular weight excluding hydrogens is 274 g/mol. The van der Waals surface area contributed by atoms with E-state index < -0.39 is 10.0 Å². The van der Waals surface area contributed by atoms with Crippen molar-refractivity contribution >= 4 is 15.7 Å². The smallest absolute Gasteiger partial charge is 0.243 e. The maximum atomic E-state index is 12.7. The molecule has 3 rings (SSSR count). The van der Waals surface area contributed by atoms with Crippen LogP contribution in [-0.2, 0) is 10.0 Å². The summed E-state index contributed by atoms with van der Waals surface area (Å²) in [6, 6.07) is 6.88. The molecule has 2 aliphatic heterocycles. The van der Waals surface area contributed by atoms with Crippen molar-refractivity contribution in [2.24, 2.45) is 0 Å². The number of hydrogen-bond donors (Lipinski definition) is 1. The van der Waals surface area contributed by atoms with E-state index in [0.717, 1.165) is 25.9 Å². The second kappa shape index (κ2) is 5.35. The Morgan fingerprint density at radius 3 is 2.50 bits per heavy atom. The van der Waals surface area contributed by atoms with Gasteiger partial charge < -0.3 is 5.73 Å². The van der Waals surface area contributed by atoms with Crippen molar-refractivity contribution in [3.63, 3.8) is 0 Å². The molecule has 1 atom stereocenters. The first-order valence-electron chi connectivity index (χ1n) is 7.17. The van der Waals surface area contributed by atoms with Crippen molar-refractivity contribution in [3.8, 4) is 0 Å². The van der Waals surface area contributed by atoms with Crippen molar-refractivity contribution in [2.75, 3.05) is 31.9 Å². The SMILES string of the molecule is Nc1ccc(S(=O)(=O)N2CCCN3CCCC3C2)cc1. The molecule has 2 saturated heterocycles. The third kappa shape index (κ3) is 2.55. The lowest BCUT2D eigenvalue weighted by molar-refractivity contribution is 0.257. The summed E-state index contributed by atoms with van der Waals surface area (Å²) in [7, 11) is -3.39. The Hall–Kier alpha value is -1.11. The molecule has 0 bridgehead atoms. The summed E-state index contributed by atoms with van der Waals surface area (Å²) in [6.45, 7) is 3.35. The number of nitrogen functional groups attached to an aromatic ring is 1. The molecule has 2 fully saturated rings. The first-order valence-corrected chi connectivity index (χ1v) is 8.61. The van der Waals surface area contributed by atoms with Gasteiger partial charge in [-0.3, -0.25) is 4.90 Å². The molecule has 0 aromatic heterocycles. The number of nitrogens with two attached hydrogens (primary N) is 1. The lowest BCUT2D eigenvalue weighted by Gasteiger charge is -2.25. The van der Waals surface area contributed by atoms with E-state index in [1.165, 1.54) is 6.42 Å². The second-order valence-corrected chi connectivity index (χ2v) is 7.56. The third-order valence-corrected chi connectivity index (χ3v) is 6.16. The van der Waals surface area contributed by atoms with Crippen LogP contribution in [0.5, 0.6) is 0 Å². The van der Waals surface area contributed by atoms with Crippen molar-refractivity contribution in [2.45, 2.75) is 30.2 Å². The Labute approximate surface area is 120 Å². The van der Waals surface area contributed by atoms with Gasteiger partial charge in [-0.1, -0.05) is 0 Å². The lowest BCUT2D eigenvalue weighted by Crippen LogP contribution is -2.39. The summed E-state index contributed by atoms with van der Waals surface area (Å²) in [5, 5.41) is 0. The molecule has 1 aromatic carbocycles. The van der Waals surface area contributed by atoms with Crippen LogP contribution in [-0.4, -0.2) is 49.8 Å². The summed E-state index contributed by atoms with van der Waals surface area (Å²) >= 11 is 0. The van der Waals surface area contributed by atoms with E-state index >= 15 is 0 Å². The molecule has 0 amide bonds. The maximum absolute atomic E-state index is 12.7. The first kappa shape index (κ1) is 13.9.